The molecule has 2 aromatic heterocycles. The molecule has 3 heterocycles. The maximum absolute atomic E-state index is 13.3. The number of rotatable bonds is 5. The third-order valence-corrected chi connectivity index (χ3v) is 6.32. The van der Waals surface area contributed by atoms with Crippen LogP contribution in [-0.2, 0) is 11.5 Å². The van der Waals surface area contributed by atoms with E-state index in [1.165, 1.54) is 10.2 Å². The third-order valence-electron chi connectivity index (χ3n) is 6.32. The van der Waals surface area contributed by atoms with E-state index in [0.717, 1.165) is 36.0 Å². The summed E-state index contributed by atoms with van der Waals surface area (Å²) in [5.74, 6) is 0.353. The zero-order valence-electron chi connectivity index (χ0n) is 19.1. The SMILES string of the molecule is Cc1ccc(-c2nn(CN3CCC[C@H](C(=O)Nc4ccccn4)C3)c(=O)c3ccccc23)cc1. The molecule has 1 amide bonds. The average Bonchev–Trinajstić information content (AvgIpc) is 2.87. The van der Waals surface area contributed by atoms with Crippen LogP contribution in [0.4, 0.5) is 5.82 Å². The van der Waals surface area contributed by atoms with Gasteiger partial charge in [0.15, 0.2) is 0 Å². The summed E-state index contributed by atoms with van der Waals surface area (Å²) < 4.78 is 1.54. The zero-order valence-corrected chi connectivity index (χ0v) is 19.1. The number of nitrogens with zero attached hydrogens (tertiary/aromatic N) is 4. The maximum Gasteiger partial charge on any atom is 0.275 e. The van der Waals surface area contributed by atoms with Crippen LogP contribution < -0.4 is 10.9 Å². The molecule has 1 N–H and O–H groups in total. The molecule has 5 rings (SSSR count). The van der Waals surface area contributed by atoms with Crippen LogP contribution in [0.15, 0.2) is 77.7 Å². The highest BCUT2D eigenvalue weighted by Crippen LogP contribution is 2.25. The van der Waals surface area contributed by atoms with Crippen molar-refractivity contribution in [1.29, 1.82) is 0 Å². The zero-order chi connectivity index (χ0) is 23.5. The van der Waals surface area contributed by atoms with E-state index >= 15 is 0 Å². The van der Waals surface area contributed by atoms with E-state index in [1.807, 2.05) is 55.5 Å². The Bertz CT molecular complexity index is 1370. The molecular formula is C27H27N5O2. The van der Waals surface area contributed by atoms with Crippen molar-refractivity contribution in [3.63, 3.8) is 0 Å². The van der Waals surface area contributed by atoms with Crippen molar-refractivity contribution < 1.29 is 4.79 Å². The van der Waals surface area contributed by atoms with Crippen molar-refractivity contribution in [2.45, 2.75) is 26.4 Å². The molecule has 7 nitrogen and oxygen atoms in total. The Morgan fingerprint density at radius 2 is 1.79 bits per heavy atom. The van der Waals surface area contributed by atoms with Crippen molar-refractivity contribution in [3.8, 4) is 11.3 Å². The van der Waals surface area contributed by atoms with E-state index in [4.69, 9.17) is 5.10 Å². The Labute approximate surface area is 198 Å². The van der Waals surface area contributed by atoms with E-state index in [2.05, 4.69) is 27.3 Å². The van der Waals surface area contributed by atoms with Crippen LogP contribution in [0.2, 0.25) is 0 Å². The van der Waals surface area contributed by atoms with Crippen LogP contribution >= 0.6 is 0 Å². The Morgan fingerprint density at radius 1 is 1.03 bits per heavy atom. The minimum Gasteiger partial charge on any atom is -0.310 e. The minimum absolute atomic E-state index is 0.0393. The van der Waals surface area contributed by atoms with Crippen molar-refractivity contribution >= 4 is 22.5 Å². The van der Waals surface area contributed by atoms with E-state index in [1.54, 1.807) is 12.3 Å². The summed E-state index contributed by atoms with van der Waals surface area (Å²) in [5, 5.41) is 9.18. The van der Waals surface area contributed by atoms with Crippen molar-refractivity contribution in [2.75, 3.05) is 18.4 Å². The summed E-state index contributed by atoms with van der Waals surface area (Å²) in [7, 11) is 0. The lowest BCUT2D eigenvalue weighted by Gasteiger charge is -2.32. The van der Waals surface area contributed by atoms with Crippen LogP contribution in [0, 0.1) is 12.8 Å². The minimum atomic E-state index is -0.163. The number of piperidine rings is 1. The third kappa shape index (κ3) is 4.61. The number of hydrogen-bond donors (Lipinski definition) is 1. The van der Waals surface area contributed by atoms with E-state index < -0.39 is 0 Å². The van der Waals surface area contributed by atoms with E-state index in [0.29, 0.717) is 24.4 Å². The number of anilines is 1. The fourth-order valence-corrected chi connectivity index (χ4v) is 4.51. The number of aryl methyl sites for hydroxylation is 1. The lowest BCUT2D eigenvalue weighted by atomic mass is 9.97. The lowest BCUT2D eigenvalue weighted by Crippen LogP contribution is -2.43. The number of fused-ring (bicyclic) bond motifs is 1. The first-order valence-corrected chi connectivity index (χ1v) is 11.6. The van der Waals surface area contributed by atoms with Crippen LogP contribution in [0.25, 0.3) is 22.0 Å². The van der Waals surface area contributed by atoms with Gasteiger partial charge in [0.1, 0.15) is 5.82 Å². The van der Waals surface area contributed by atoms with Gasteiger partial charge in [-0.15, -0.1) is 0 Å². The number of carbonyl (C=O) groups excluding carboxylic acids is 1. The van der Waals surface area contributed by atoms with Crippen molar-refractivity contribution in [3.05, 3.63) is 88.8 Å². The van der Waals surface area contributed by atoms with Gasteiger partial charge in [0.25, 0.3) is 5.56 Å². The van der Waals surface area contributed by atoms with Gasteiger partial charge in [0, 0.05) is 23.7 Å². The standard InChI is InChI=1S/C27H27N5O2/c1-19-11-13-20(14-12-19)25-22-8-2-3-9-23(22)27(34)32(30-25)18-31-16-6-7-21(17-31)26(33)29-24-10-4-5-15-28-24/h2-5,8-15,21H,6-7,16-18H2,1H3,(H,28,29,33)/t21-/m0/s1. The molecule has 1 saturated heterocycles. The van der Waals surface area contributed by atoms with Gasteiger partial charge < -0.3 is 5.32 Å². The topological polar surface area (TPSA) is 80.1 Å². The normalized spacial score (nSPS) is 16.4. The fraction of sp³-hybridized carbons (Fsp3) is 0.259. The smallest absolute Gasteiger partial charge is 0.275 e. The summed E-state index contributed by atoms with van der Waals surface area (Å²) >= 11 is 0. The lowest BCUT2D eigenvalue weighted by molar-refractivity contribution is -0.121. The van der Waals surface area contributed by atoms with Crippen LogP contribution in [0.5, 0.6) is 0 Å². The summed E-state index contributed by atoms with van der Waals surface area (Å²) in [6.07, 6.45) is 3.35. The summed E-state index contributed by atoms with van der Waals surface area (Å²) in [6, 6.07) is 21.2. The number of aromatic nitrogens is 3. The van der Waals surface area contributed by atoms with Crippen molar-refractivity contribution in [1.82, 2.24) is 19.7 Å². The largest absolute Gasteiger partial charge is 0.310 e. The number of nitrogens with one attached hydrogen (secondary N) is 1. The molecule has 0 bridgehead atoms. The molecule has 0 spiro atoms. The molecule has 7 heteroatoms. The van der Waals surface area contributed by atoms with Gasteiger partial charge in [0.05, 0.1) is 23.7 Å². The Morgan fingerprint density at radius 3 is 2.56 bits per heavy atom. The average molecular weight is 454 g/mol. The first-order valence-electron chi connectivity index (χ1n) is 11.6. The molecule has 0 radical (unpaired) electrons. The summed E-state index contributed by atoms with van der Waals surface area (Å²) in [5.41, 5.74) is 2.81. The molecule has 4 aromatic rings. The Balaban J connectivity index is 1.41. The monoisotopic (exact) mass is 453 g/mol. The van der Waals surface area contributed by atoms with Gasteiger partial charge in [-0.25, -0.2) is 9.67 Å². The predicted molar refractivity (Wildman–Crippen MR) is 133 cm³/mol. The number of likely N-dealkylation sites (tertiary alicyclic amines) is 1. The molecule has 1 aliphatic heterocycles. The Hall–Kier alpha value is -3.84. The van der Waals surface area contributed by atoms with Gasteiger partial charge in [-0.2, -0.15) is 5.10 Å². The fourth-order valence-electron chi connectivity index (χ4n) is 4.51. The molecule has 1 fully saturated rings. The second kappa shape index (κ2) is 9.57. The highest BCUT2D eigenvalue weighted by atomic mass is 16.2. The molecule has 172 valence electrons. The number of pyridine rings is 1. The molecular weight excluding hydrogens is 426 g/mol. The van der Waals surface area contributed by atoms with E-state index in [9.17, 15) is 9.59 Å². The van der Waals surface area contributed by atoms with Gasteiger partial charge in [-0.3, -0.25) is 14.5 Å². The number of hydrogen-bond acceptors (Lipinski definition) is 5. The second-order valence-corrected chi connectivity index (χ2v) is 8.83. The molecule has 0 saturated carbocycles. The molecule has 1 aliphatic rings. The van der Waals surface area contributed by atoms with Crippen LogP contribution in [0.1, 0.15) is 18.4 Å². The van der Waals surface area contributed by atoms with Crippen molar-refractivity contribution in [2.24, 2.45) is 5.92 Å². The van der Waals surface area contributed by atoms with Gasteiger partial charge in [-0.1, -0.05) is 54.1 Å². The molecule has 0 aliphatic carbocycles. The summed E-state index contributed by atoms with van der Waals surface area (Å²) in [4.78, 5) is 32.4. The number of carbonyl (C=O) groups is 1. The predicted octanol–water partition coefficient (Wildman–Crippen LogP) is 4.08. The summed E-state index contributed by atoms with van der Waals surface area (Å²) in [6.45, 7) is 3.77. The molecule has 2 aromatic carbocycles. The van der Waals surface area contributed by atoms with Crippen LogP contribution in [-0.4, -0.2) is 38.7 Å². The Kier molecular flexibility index (Phi) is 6.18. The maximum atomic E-state index is 13.3. The quantitative estimate of drug-likeness (QED) is 0.493. The van der Waals surface area contributed by atoms with Gasteiger partial charge in [-0.05, 0) is 44.5 Å². The highest BCUT2D eigenvalue weighted by Gasteiger charge is 2.27. The second-order valence-electron chi connectivity index (χ2n) is 8.83. The first-order chi connectivity index (χ1) is 16.6. The molecule has 0 unspecified atom stereocenters. The van der Waals surface area contributed by atoms with Crippen LogP contribution in [0.3, 0.4) is 0 Å². The van der Waals surface area contributed by atoms with E-state index in [-0.39, 0.29) is 17.4 Å². The molecule has 1 atom stereocenters. The number of benzene rings is 2. The number of amides is 1. The first kappa shape index (κ1) is 22.0. The van der Waals surface area contributed by atoms with Gasteiger partial charge in [0.2, 0.25) is 5.91 Å². The molecule has 34 heavy (non-hydrogen) atoms. The highest BCUT2D eigenvalue weighted by molar-refractivity contribution is 5.94. The van der Waals surface area contributed by atoms with Gasteiger partial charge >= 0.3 is 0 Å².